The largest absolute Gasteiger partial charge is 0.470 e. The van der Waals surface area contributed by atoms with Crippen LogP contribution in [-0.4, -0.2) is 35.2 Å². The molecule has 1 heterocycles. The lowest BCUT2D eigenvalue weighted by Crippen LogP contribution is -2.41. The number of hydrogen-bond acceptors (Lipinski definition) is 4. The smallest absolute Gasteiger partial charge is 0.456 e. The Labute approximate surface area is 113 Å². The maximum atomic E-state index is 12.7. The number of nitrogens with one attached hydrogen (secondary N) is 1. The number of nitrogens with zero attached hydrogens (tertiary/aromatic N) is 2. The van der Waals surface area contributed by atoms with Crippen molar-refractivity contribution in [2.45, 2.75) is 19.0 Å². The second-order valence-electron chi connectivity index (χ2n) is 3.37. The molecule has 0 radical (unpaired) electrons. The average molecular weight is 350 g/mol. The molecule has 1 aromatic rings. The van der Waals surface area contributed by atoms with Gasteiger partial charge >= 0.3 is 12.1 Å². The third-order valence-electron chi connectivity index (χ3n) is 1.85. The molecule has 0 saturated carbocycles. The van der Waals surface area contributed by atoms with Crippen molar-refractivity contribution in [3.63, 3.8) is 0 Å². The highest BCUT2D eigenvalue weighted by Crippen LogP contribution is 2.36. The van der Waals surface area contributed by atoms with Crippen LogP contribution in [0.4, 0.5) is 27.9 Å². The number of halogens is 6. The molecule has 0 aliphatic heterocycles. The molecule has 0 amide bonds. The molecule has 0 spiro atoms. The lowest BCUT2D eigenvalue weighted by molar-refractivity contribution is -0.290. The monoisotopic (exact) mass is 349 g/mol. The maximum Gasteiger partial charge on any atom is 0.456 e. The van der Waals surface area contributed by atoms with Crippen molar-refractivity contribution in [2.75, 3.05) is 18.5 Å². The molecule has 1 rings (SSSR count). The van der Waals surface area contributed by atoms with E-state index in [1.54, 1.807) is 6.92 Å². The van der Waals surface area contributed by atoms with Crippen LogP contribution in [0.15, 0.2) is 10.7 Å². The molecule has 1 N–H and O–H groups in total. The Morgan fingerprint density at radius 3 is 2.47 bits per heavy atom. The van der Waals surface area contributed by atoms with Gasteiger partial charge < -0.3 is 10.1 Å². The van der Waals surface area contributed by atoms with Crippen molar-refractivity contribution in [3.8, 4) is 5.88 Å². The zero-order chi connectivity index (χ0) is 14.7. The number of rotatable bonds is 5. The minimum absolute atomic E-state index is 0.0658. The number of anilines is 1. The zero-order valence-electron chi connectivity index (χ0n) is 9.56. The molecule has 0 unspecified atom stereocenters. The quantitative estimate of drug-likeness (QED) is 0.829. The lowest BCUT2D eigenvalue weighted by Gasteiger charge is -2.19. The van der Waals surface area contributed by atoms with E-state index in [0.717, 1.165) is 0 Å². The Morgan fingerprint density at radius 2 is 1.95 bits per heavy atom. The van der Waals surface area contributed by atoms with Crippen LogP contribution in [0.3, 0.4) is 0 Å². The van der Waals surface area contributed by atoms with Crippen LogP contribution in [0, 0.1) is 0 Å². The van der Waals surface area contributed by atoms with Crippen molar-refractivity contribution in [2.24, 2.45) is 0 Å². The van der Waals surface area contributed by atoms with Gasteiger partial charge in [-0.15, -0.1) is 0 Å². The van der Waals surface area contributed by atoms with Gasteiger partial charge in [-0.3, -0.25) is 0 Å². The van der Waals surface area contributed by atoms with Crippen LogP contribution in [0.5, 0.6) is 5.88 Å². The molecule has 10 heteroatoms. The van der Waals surface area contributed by atoms with E-state index in [1.807, 2.05) is 0 Å². The maximum absolute atomic E-state index is 12.7. The summed E-state index contributed by atoms with van der Waals surface area (Å²) in [6.45, 7) is 0.348. The van der Waals surface area contributed by atoms with E-state index in [0.29, 0.717) is 6.54 Å². The van der Waals surface area contributed by atoms with E-state index in [2.05, 4.69) is 36.0 Å². The number of hydrogen-bond donors (Lipinski definition) is 1. The Hall–Kier alpha value is -1.19. The highest BCUT2D eigenvalue weighted by molar-refractivity contribution is 9.10. The number of ether oxygens (including phenoxy) is 1. The molecule has 1 aromatic heterocycles. The highest BCUT2D eigenvalue weighted by Gasteiger charge is 2.58. The first-order valence-electron chi connectivity index (χ1n) is 5.01. The van der Waals surface area contributed by atoms with E-state index in [1.165, 1.54) is 6.20 Å². The third kappa shape index (κ3) is 4.15. The summed E-state index contributed by atoms with van der Waals surface area (Å²) in [5.74, 6) is -5.28. The van der Waals surface area contributed by atoms with E-state index in [-0.39, 0.29) is 10.4 Å². The number of alkyl halides is 5. The molecule has 0 aliphatic rings. The minimum atomic E-state index is -5.67. The molecular formula is C9H9BrF5N3O. The topological polar surface area (TPSA) is 47.0 Å². The van der Waals surface area contributed by atoms with Gasteiger partial charge in [0.1, 0.15) is 0 Å². The Kier molecular flexibility index (Phi) is 4.88. The van der Waals surface area contributed by atoms with Gasteiger partial charge in [0, 0.05) is 6.54 Å². The zero-order valence-corrected chi connectivity index (χ0v) is 11.1. The second kappa shape index (κ2) is 5.85. The lowest BCUT2D eigenvalue weighted by atomic mass is 10.3. The SMILES string of the molecule is CCNc1ncc(Br)c(OCC(F)(F)C(F)(F)F)n1. The van der Waals surface area contributed by atoms with Crippen molar-refractivity contribution in [1.82, 2.24) is 9.97 Å². The second-order valence-corrected chi connectivity index (χ2v) is 4.22. The van der Waals surface area contributed by atoms with E-state index in [9.17, 15) is 22.0 Å². The average Bonchev–Trinajstić information content (AvgIpc) is 2.29. The summed E-state index contributed by atoms with van der Waals surface area (Å²) >= 11 is 2.90. The van der Waals surface area contributed by atoms with Gasteiger partial charge in [-0.05, 0) is 22.9 Å². The van der Waals surface area contributed by atoms with Gasteiger partial charge in [-0.2, -0.15) is 26.9 Å². The predicted molar refractivity (Wildman–Crippen MR) is 60.4 cm³/mol. The van der Waals surface area contributed by atoms with Gasteiger partial charge in [0.25, 0.3) is 0 Å². The Morgan fingerprint density at radius 1 is 1.32 bits per heavy atom. The van der Waals surface area contributed by atoms with Crippen LogP contribution in [0.2, 0.25) is 0 Å². The summed E-state index contributed by atoms with van der Waals surface area (Å²) in [7, 11) is 0. The highest BCUT2D eigenvalue weighted by atomic mass is 79.9. The van der Waals surface area contributed by atoms with Gasteiger partial charge in [0.2, 0.25) is 11.8 Å². The van der Waals surface area contributed by atoms with Crippen LogP contribution in [0.25, 0.3) is 0 Å². The first-order valence-corrected chi connectivity index (χ1v) is 5.80. The summed E-state index contributed by atoms with van der Waals surface area (Å²) < 4.78 is 65.7. The fraction of sp³-hybridized carbons (Fsp3) is 0.556. The van der Waals surface area contributed by atoms with Crippen molar-refractivity contribution in [1.29, 1.82) is 0 Å². The molecule has 19 heavy (non-hydrogen) atoms. The van der Waals surface area contributed by atoms with Crippen molar-refractivity contribution < 1.29 is 26.7 Å². The summed E-state index contributed by atoms with van der Waals surface area (Å²) in [5, 5.41) is 2.67. The van der Waals surface area contributed by atoms with E-state index < -0.39 is 24.6 Å². The van der Waals surface area contributed by atoms with Crippen LogP contribution >= 0.6 is 15.9 Å². The van der Waals surface area contributed by atoms with Gasteiger partial charge in [0.15, 0.2) is 6.61 Å². The van der Waals surface area contributed by atoms with Gasteiger partial charge in [0.05, 0.1) is 10.7 Å². The Balaban J connectivity index is 2.80. The molecule has 0 aromatic carbocycles. The van der Waals surface area contributed by atoms with Crippen molar-refractivity contribution >= 4 is 21.9 Å². The minimum Gasteiger partial charge on any atom is -0.470 e. The molecule has 4 nitrogen and oxygen atoms in total. The molecule has 0 fully saturated rings. The normalized spacial score (nSPS) is 12.4. The molecule has 108 valence electrons. The van der Waals surface area contributed by atoms with E-state index in [4.69, 9.17) is 0 Å². The summed E-state index contributed by atoms with van der Waals surface area (Å²) in [5.41, 5.74) is 0. The first kappa shape index (κ1) is 15.9. The van der Waals surface area contributed by atoms with Crippen LogP contribution < -0.4 is 10.1 Å². The predicted octanol–water partition coefficient (Wildman–Crippen LogP) is 3.25. The molecule has 0 aliphatic carbocycles. The van der Waals surface area contributed by atoms with Crippen LogP contribution in [-0.2, 0) is 0 Å². The third-order valence-corrected chi connectivity index (χ3v) is 2.40. The summed E-state index contributed by atoms with van der Waals surface area (Å²) in [6.07, 6.45) is -4.48. The first-order chi connectivity index (χ1) is 8.67. The summed E-state index contributed by atoms with van der Waals surface area (Å²) in [4.78, 5) is 7.42. The van der Waals surface area contributed by atoms with Gasteiger partial charge in [-0.1, -0.05) is 0 Å². The molecular weight excluding hydrogens is 341 g/mol. The number of aromatic nitrogens is 2. The fourth-order valence-electron chi connectivity index (χ4n) is 0.937. The van der Waals surface area contributed by atoms with Crippen molar-refractivity contribution in [3.05, 3.63) is 10.7 Å². The van der Waals surface area contributed by atoms with Gasteiger partial charge in [-0.25, -0.2) is 4.98 Å². The summed E-state index contributed by atoms with van der Waals surface area (Å²) in [6, 6.07) is 0. The molecule has 0 atom stereocenters. The fourth-order valence-corrected chi connectivity index (χ4v) is 1.24. The Bertz CT molecular complexity index is 440. The van der Waals surface area contributed by atoms with E-state index >= 15 is 0 Å². The molecule has 0 saturated heterocycles. The molecule has 0 bridgehead atoms. The van der Waals surface area contributed by atoms with Crippen LogP contribution in [0.1, 0.15) is 6.92 Å². The standard InChI is InChI=1S/C9H9BrF5N3O/c1-2-16-7-17-3-5(10)6(18-7)19-4-8(11,12)9(13,14)15/h3H,2,4H2,1H3,(H,16,17,18).